The number of hydrogen-bond donors (Lipinski definition) is 1. The molecule has 1 aromatic carbocycles. The lowest BCUT2D eigenvalue weighted by Crippen LogP contribution is -2.08. The standard InChI is InChI=1S/C14H16N2O3/c1-11-10-13(14(17)18)15-16(11)8-5-9-19-12-6-3-2-4-7-12/h2-4,6-7,10H,5,8-9H2,1H3,(H,17,18). The fourth-order valence-corrected chi connectivity index (χ4v) is 1.76. The second-order valence-corrected chi connectivity index (χ2v) is 4.21. The molecule has 0 aliphatic rings. The molecule has 2 rings (SSSR count). The van der Waals surface area contributed by atoms with Crippen molar-refractivity contribution in [2.45, 2.75) is 19.9 Å². The van der Waals surface area contributed by atoms with E-state index in [0.717, 1.165) is 17.9 Å². The van der Waals surface area contributed by atoms with E-state index in [1.165, 1.54) is 0 Å². The number of carboxylic acid groups (broad SMARTS) is 1. The van der Waals surface area contributed by atoms with Gasteiger partial charge >= 0.3 is 5.97 Å². The predicted molar refractivity (Wildman–Crippen MR) is 70.5 cm³/mol. The van der Waals surface area contributed by atoms with Gasteiger partial charge in [0.1, 0.15) is 5.75 Å². The first-order chi connectivity index (χ1) is 9.16. The maximum absolute atomic E-state index is 10.8. The van der Waals surface area contributed by atoms with E-state index >= 15 is 0 Å². The molecule has 0 unspecified atom stereocenters. The monoisotopic (exact) mass is 260 g/mol. The Kier molecular flexibility index (Phi) is 4.18. The van der Waals surface area contributed by atoms with Crippen LogP contribution in [0, 0.1) is 6.92 Å². The van der Waals surface area contributed by atoms with Crippen LogP contribution in [0.4, 0.5) is 0 Å². The number of aromatic nitrogens is 2. The summed E-state index contributed by atoms with van der Waals surface area (Å²) in [7, 11) is 0. The Balaban J connectivity index is 1.81. The summed E-state index contributed by atoms with van der Waals surface area (Å²) in [5.41, 5.74) is 0.929. The van der Waals surface area contributed by atoms with Gasteiger partial charge in [0.2, 0.25) is 0 Å². The fraction of sp³-hybridized carbons (Fsp3) is 0.286. The summed E-state index contributed by atoms with van der Waals surface area (Å²) < 4.78 is 7.26. The summed E-state index contributed by atoms with van der Waals surface area (Å²) in [6, 6.07) is 11.2. The first kappa shape index (κ1) is 13.1. The second kappa shape index (κ2) is 6.04. The number of ether oxygens (including phenoxy) is 1. The van der Waals surface area contributed by atoms with Crippen LogP contribution in [0.5, 0.6) is 5.75 Å². The highest BCUT2D eigenvalue weighted by molar-refractivity contribution is 5.85. The molecule has 5 nitrogen and oxygen atoms in total. The quantitative estimate of drug-likeness (QED) is 0.810. The van der Waals surface area contributed by atoms with Gasteiger partial charge in [-0.2, -0.15) is 5.10 Å². The molecule has 0 aliphatic heterocycles. The second-order valence-electron chi connectivity index (χ2n) is 4.21. The molecule has 0 aliphatic carbocycles. The van der Waals surface area contributed by atoms with E-state index in [0.29, 0.717) is 13.2 Å². The average Bonchev–Trinajstić information content (AvgIpc) is 2.78. The van der Waals surface area contributed by atoms with Crippen molar-refractivity contribution in [3.63, 3.8) is 0 Å². The van der Waals surface area contributed by atoms with Crippen molar-refractivity contribution in [1.82, 2.24) is 9.78 Å². The van der Waals surface area contributed by atoms with E-state index < -0.39 is 5.97 Å². The zero-order valence-electron chi connectivity index (χ0n) is 10.7. The number of carboxylic acids is 1. The van der Waals surface area contributed by atoms with Gasteiger partial charge in [-0.05, 0) is 25.1 Å². The van der Waals surface area contributed by atoms with Crippen molar-refractivity contribution in [2.75, 3.05) is 6.61 Å². The molecule has 1 aromatic heterocycles. The Hall–Kier alpha value is -2.30. The zero-order valence-corrected chi connectivity index (χ0v) is 10.7. The summed E-state index contributed by atoms with van der Waals surface area (Å²) in [6.45, 7) is 3.06. The maximum Gasteiger partial charge on any atom is 0.356 e. The number of para-hydroxylation sites is 1. The molecule has 1 heterocycles. The summed E-state index contributed by atoms with van der Waals surface area (Å²) in [6.07, 6.45) is 0.774. The van der Waals surface area contributed by atoms with Crippen LogP contribution in [0.15, 0.2) is 36.4 Å². The molecule has 0 bridgehead atoms. The maximum atomic E-state index is 10.8. The Morgan fingerprint density at radius 2 is 2.11 bits per heavy atom. The number of aryl methyl sites for hydroxylation is 2. The van der Waals surface area contributed by atoms with E-state index in [9.17, 15) is 4.79 Å². The fourth-order valence-electron chi connectivity index (χ4n) is 1.76. The minimum absolute atomic E-state index is 0.0847. The van der Waals surface area contributed by atoms with Crippen molar-refractivity contribution in [3.8, 4) is 5.75 Å². The number of benzene rings is 1. The summed E-state index contributed by atoms with van der Waals surface area (Å²) in [4.78, 5) is 10.8. The van der Waals surface area contributed by atoms with E-state index in [4.69, 9.17) is 9.84 Å². The third kappa shape index (κ3) is 3.58. The first-order valence-electron chi connectivity index (χ1n) is 6.12. The Morgan fingerprint density at radius 3 is 2.74 bits per heavy atom. The lowest BCUT2D eigenvalue weighted by Gasteiger charge is -2.07. The van der Waals surface area contributed by atoms with Crippen LogP contribution in [0.2, 0.25) is 0 Å². The van der Waals surface area contributed by atoms with Crippen LogP contribution in [0.25, 0.3) is 0 Å². The van der Waals surface area contributed by atoms with Crippen molar-refractivity contribution < 1.29 is 14.6 Å². The third-order valence-electron chi connectivity index (χ3n) is 2.73. The van der Waals surface area contributed by atoms with Gasteiger partial charge in [0.15, 0.2) is 5.69 Å². The largest absolute Gasteiger partial charge is 0.494 e. The molecule has 0 fully saturated rings. The molecule has 0 saturated carbocycles. The topological polar surface area (TPSA) is 64.3 Å². The lowest BCUT2D eigenvalue weighted by molar-refractivity contribution is 0.0689. The molecule has 100 valence electrons. The van der Waals surface area contributed by atoms with Crippen LogP contribution in [0.1, 0.15) is 22.6 Å². The third-order valence-corrected chi connectivity index (χ3v) is 2.73. The molecule has 5 heteroatoms. The molecule has 19 heavy (non-hydrogen) atoms. The molecule has 0 atom stereocenters. The molecule has 0 spiro atoms. The van der Waals surface area contributed by atoms with Crippen molar-refractivity contribution in [3.05, 3.63) is 47.8 Å². The molecule has 1 N–H and O–H groups in total. The Labute approximate surface area is 111 Å². The lowest BCUT2D eigenvalue weighted by atomic mass is 10.3. The zero-order chi connectivity index (χ0) is 13.7. The molecular formula is C14H16N2O3. The summed E-state index contributed by atoms with van der Waals surface area (Å²) in [5.74, 6) is -0.159. The number of nitrogens with zero attached hydrogens (tertiary/aromatic N) is 2. The molecule has 0 saturated heterocycles. The predicted octanol–water partition coefficient (Wildman–Crippen LogP) is 2.36. The van der Waals surface area contributed by atoms with Crippen molar-refractivity contribution in [1.29, 1.82) is 0 Å². The number of hydrogen-bond acceptors (Lipinski definition) is 3. The molecular weight excluding hydrogens is 244 g/mol. The Bertz CT molecular complexity index is 549. The van der Waals surface area contributed by atoms with Crippen LogP contribution in [-0.2, 0) is 6.54 Å². The highest BCUT2D eigenvalue weighted by Crippen LogP contribution is 2.09. The van der Waals surface area contributed by atoms with Gasteiger partial charge in [-0.1, -0.05) is 18.2 Å². The minimum atomic E-state index is -0.998. The van der Waals surface area contributed by atoms with Gasteiger partial charge in [-0.3, -0.25) is 4.68 Å². The normalized spacial score (nSPS) is 10.4. The van der Waals surface area contributed by atoms with Crippen molar-refractivity contribution >= 4 is 5.97 Å². The SMILES string of the molecule is Cc1cc(C(=O)O)nn1CCCOc1ccccc1. The highest BCUT2D eigenvalue weighted by atomic mass is 16.5. The number of rotatable bonds is 6. The smallest absolute Gasteiger partial charge is 0.356 e. The van der Waals surface area contributed by atoms with Gasteiger partial charge < -0.3 is 9.84 Å². The van der Waals surface area contributed by atoms with E-state index in [2.05, 4.69) is 5.10 Å². The molecule has 0 radical (unpaired) electrons. The Morgan fingerprint density at radius 1 is 1.37 bits per heavy atom. The molecule has 2 aromatic rings. The van der Waals surface area contributed by atoms with Gasteiger partial charge in [0.05, 0.1) is 6.61 Å². The van der Waals surface area contributed by atoms with Gasteiger partial charge in [0.25, 0.3) is 0 Å². The van der Waals surface area contributed by atoms with E-state index in [1.54, 1.807) is 10.7 Å². The van der Waals surface area contributed by atoms with Gasteiger partial charge in [-0.15, -0.1) is 0 Å². The van der Waals surface area contributed by atoms with Crippen molar-refractivity contribution in [2.24, 2.45) is 0 Å². The van der Waals surface area contributed by atoms with Crippen LogP contribution >= 0.6 is 0 Å². The first-order valence-corrected chi connectivity index (χ1v) is 6.12. The van der Waals surface area contributed by atoms with Crippen LogP contribution in [0.3, 0.4) is 0 Å². The number of carbonyl (C=O) groups is 1. The van der Waals surface area contributed by atoms with E-state index in [1.807, 2.05) is 37.3 Å². The average molecular weight is 260 g/mol. The van der Waals surface area contributed by atoms with Crippen LogP contribution < -0.4 is 4.74 Å². The van der Waals surface area contributed by atoms with Gasteiger partial charge in [0, 0.05) is 18.7 Å². The van der Waals surface area contributed by atoms with Gasteiger partial charge in [-0.25, -0.2) is 4.79 Å². The summed E-state index contributed by atoms with van der Waals surface area (Å²) >= 11 is 0. The number of aromatic carboxylic acids is 1. The molecule has 0 amide bonds. The van der Waals surface area contributed by atoms with Crippen LogP contribution in [-0.4, -0.2) is 27.5 Å². The summed E-state index contributed by atoms with van der Waals surface area (Å²) in [5, 5.41) is 12.9. The highest BCUT2D eigenvalue weighted by Gasteiger charge is 2.09. The minimum Gasteiger partial charge on any atom is -0.494 e. The van der Waals surface area contributed by atoms with E-state index in [-0.39, 0.29) is 5.69 Å².